The van der Waals surface area contributed by atoms with Gasteiger partial charge in [0.1, 0.15) is 11.3 Å². The van der Waals surface area contributed by atoms with Crippen molar-refractivity contribution in [3.8, 4) is 5.75 Å². The molecule has 128 valence electrons. The highest BCUT2D eigenvalue weighted by molar-refractivity contribution is 6.21. The molecule has 0 bridgehead atoms. The number of rotatable bonds is 3. The van der Waals surface area contributed by atoms with Crippen LogP contribution in [0, 0.1) is 0 Å². The van der Waals surface area contributed by atoms with Crippen molar-refractivity contribution in [2.45, 2.75) is 0 Å². The topological polar surface area (TPSA) is 83.9 Å². The first-order valence-electron chi connectivity index (χ1n) is 7.90. The van der Waals surface area contributed by atoms with Gasteiger partial charge in [-0.15, -0.1) is 0 Å². The van der Waals surface area contributed by atoms with Crippen LogP contribution in [0.1, 0.15) is 31.1 Å². The third-order valence-corrected chi connectivity index (χ3v) is 4.29. The van der Waals surface area contributed by atoms with Crippen LogP contribution in [0.5, 0.6) is 5.75 Å². The van der Waals surface area contributed by atoms with E-state index in [-0.39, 0.29) is 22.4 Å². The minimum absolute atomic E-state index is 0.0275. The van der Waals surface area contributed by atoms with Gasteiger partial charge in [0.05, 0.1) is 11.1 Å². The van der Waals surface area contributed by atoms with Crippen LogP contribution in [0.25, 0.3) is 10.8 Å². The van der Waals surface area contributed by atoms with Crippen LogP contribution in [0.15, 0.2) is 60.7 Å². The summed E-state index contributed by atoms with van der Waals surface area (Å²) in [5.74, 6) is -2.07. The number of phenolic OH excluding ortho intramolecular Hbond substituents is 1. The number of aromatic hydroxyl groups is 1. The molecule has 1 heterocycles. The van der Waals surface area contributed by atoms with Crippen molar-refractivity contribution < 1.29 is 24.2 Å². The van der Waals surface area contributed by atoms with Gasteiger partial charge < -0.3 is 9.84 Å². The molecule has 0 saturated carbocycles. The molecule has 0 saturated heterocycles. The normalized spacial score (nSPS) is 13.2. The summed E-state index contributed by atoms with van der Waals surface area (Å²) >= 11 is 0. The first-order chi connectivity index (χ1) is 12.6. The van der Waals surface area contributed by atoms with Crippen LogP contribution in [0.2, 0.25) is 0 Å². The van der Waals surface area contributed by atoms with Gasteiger partial charge in [-0.2, -0.15) is 0 Å². The van der Waals surface area contributed by atoms with Crippen LogP contribution in [0.3, 0.4) is 0 Å². The maximum absolute atomic E-state index is 12.3. The number of benzene rings is 3. The van der Waals surface area contributed by atoms with Gasteiger partial charge in [0.15, 0.2) is 6.73 Å². The molecular weight excluding hydrogens is 334 g/mol. The summed E-state index contributed by atoms with van der Waals surface area (Å²) in [5.41, 5.74) is 0.532. The summed E-state index contributed by atoms with van der Waals surface area (Å²) in [4.78, 5) is 37.7. The number of hydrogen-bond donors (Lipinski definition) is 1. The Morgan fingerprint density at radius 1 is 0.885 bits per heavy atom. The highest BCUT2D eigenvalue weighted by atomic mass is 16.5. The number of fused-ring (bicyclic) bond motifs is 2. The lowest BCUT2D eigenvalue weighted by atomic mass is 10.1. The van der Waals surface area contributed by atoms with Gasteiger partial charge in [-0.05, 0) is 35.0 Å². The summed E-state index contributed by atoms with van der Waals surface area (Å²) in [7, 11) is 0. The van der Waals surface area contributed by atoms with Gasteiger partial charge in [-0.3, -0.25) is 9.59 Å². The van der Waals surface area contributed by atoms with Crippen molar-refractivity contribution in [1.29, 1.82) is 0 Å². The van der Waals surface area contributed by atoms with Crippen molar-refractivity contribution >= 4 is 28.6 Å². The molecule has 3 aromatic carbocycles. The molecule has 1 aliphatic heterocycles. The predicted octanol–water partition coefficient (Wildman–Crippen LogP) is 2.96. The third kappa shape index (κ3) is 2.48. The second-order valence-corrected chi connectivity index (χ2v) is 5.86. The van der Waals surface area contributed by atoms with Crippen LogP contribution in [-0.4, -0.2) is 34.5 Å². The molecule has 1 aliphatic rings. The molecule has 0 fully saturated rings. The molecule has 2 amide bonds. The lowest BCUT2D eigenvalue weighted by Crippen LogP contribution is -2.33. The smallest absolute Gasteiger partial charge is 0.343 e. The van der Waals surface area contributed by atoms with Gasteiger partial charge in [-0.1, -0.05) is 36.4 Å². The van der Waals surface area contributed by atoms with Gasteiger partial charge in [-0.25, -0.2) is 9.69 Å². The molecule has 1 N–H and O–H groups in total. The van der Waals surface area contributed by atoms with Crippen molar-refractivity contribution in [3.05, 3.63) is 77.4 Å². The van der Waals surface area contributed by atoms with Crippen molar-refractivity contribution in [2.24, 2.45) is 0 Å². The number of esters is 1. The fourth-order valence-corrected chi connectivity index (χ4v) is 2.95. The van der Waals surface area contributed by atoms with Crippen LogP contribution >= 0.6 is 0 Å². The summed E-state index contributed by atoms with van der Waals surface area (Å²) in [6.45, 7) is -0.516. The Labute approximate surface area is 148 Å². The Bertz CT molecular complexity index is 1040. The van der Waals surface area contributed by atoms with E-state index < -0.39 is 24.5 Å². The molecular formula is C20H13NO5. The zero-order valence-corrected chi connectivity index (χ0v) is 13.5. The Morgan fingerprint density at radius 2 is 1.42 bits per heavy atom. The number of phenols is 1. The van der Waals surface area contributed by atoms with Crippen molar-refractivity contribution in [2.75, 3.05) is 6.73 Å². The maximum atomic E-state index is 12.3. The molecule has 0 radical (unpaired) electrons. The summed E-state index contributed by atoms with van der Waals surface area (Å²) in [6, 6.07) is 16.6. The van der Waals surface area contributed by atoms with E-state index in [0.717, 1.165) is 15.7 Å². The number of imide groups is 1. The van der Waals surface area contributed by atoms with Crippen molar-refractivity contribution in [3.63, 3.8) is 0 Å². The van der Waals surface area contributed by atoms with Crippen molar-refractivity contribution in [1.82, 2.24) is 4.90 Å². The Kier molecular flexibility index (Phi) is 3.65. The average Bonchev–Trinajstić information content (AvgIpc) is 2.90. The van der Waals surface area contributed by atoms with Crippen LogP contribution < -0.4 is 0 Å². The summed E-state index contributed by atoms with van der Waals surface area (Å²) < 4.78 is 5.10. The monoisotopic (exact) mass is 347 g/mol. The zero-order chi connectivity index (χ0) is 18.3. The Hall–Kier alpha value is -3.67. The van der Waals surface area contributed by atoms with E-state index in [1.807, 2.05) is 18.2 Å². The minimum Gasteiger partial charge on any atom is -0.507 e. The molecule has 0 spiro atoms. The third-order valence-electron chi connectivity index (χ3n) is 4.29. The Balaban J connectivity index is 1.54. The number of ether oxygens (including phenoxy) is 1. The van der Waals surface area contributed by atoms with Gasteiger partial charge in [0.2, 0.25) is 0 Å². The van der Waals surface area contributed by atoms with Crippen LogP contribution in [-0.2, 0) is 4.74 Å². The zero-order valence-electron chi connectivity index (χ0n) is 13.5. The average molecular weight is 347 g/mol. The first kappa shape index (κ1) is 15.8. The van der Waals surface area contributed by atoms with E-state index in [2.05, 4.69) is 0 Å². The number of carbonyl (C=O) groups is 3. The second-order valence-electron chi connectivity index (χ2n) is 5.86. The highest BCUT2D eigenvalue weighted by Gasteiger charge is 2.35. The van der Waals surface area contributed by atoms with E-state index in [9.17, 15) is 19.5 Å². The number of amides is 2. The molecule has 6 nitrogen and oxygen atoms in total. The fourth-order valence-electron chi connectivity index (χ4n) is 2.95. The molecule has 6 heteroatoms. The SMILES string of the molecule is O=C(OCN1C(=O)c2ccccc2C1=O)c1cc2ccccc2cc1O. The van der Waals surface area contributed by atoms with Gasteiger partial charge in [0, 0.05) is 0 Å². The number of hydrogen-bond acceptors (Lipinski definition) is 5. The minimum atomic E-state index is -0.815. The van der Waals surface area contributed by atoms with E-state index in [1.54, 1.807) is 30.3 Å². The standard InChI is InChI=1S/C20H13NO5/c22-17-10-13-6-2-1-5-12(13)9-16(17)20(25)26-11-21-18(23)14-7-3-4-8-15(14)19(21)24/h1-10,22H,11H2. The Morgan fingerprint density at radius 3 is 2.04 bits per heavy atom. The second kappa shape index (κ2) is 6.00. The summed E-state index contributed by atoms with van der Waals surface area (Å²) in [5, 5.41) is 11.6. The van der Waals surface area contributed by atoms with E-state index >= 15 is 0 Å². The molecule has 0 unspecified atom stereocenters. The molecule has 4 rings (SSSR count). The number of carbonyl (C=O) groups excluding carboxylic acids is 3. The quantitative estimate of drug-likeness (QED) is 0.582. The molecule has 3 aromatic rings. The van der Waals surface area contributed by atoms with E-state index in [0.29, 0.717) is 0 Å². The summed E-state index contributed by atoms with van der Waals surface area (Å²) in [6.07, 6.45) is 0. The van der Waals surface area contributed by atoms with Gasteiger partial charge >= 0.3 is 5.97 Å². The largest absolute Gasteiger partial charge is 0.507 e. The molecule has 26 heavy (non-hydrogen) atoms. The van der Waals surface area contributed by atoms with E-state index in [4.69, 9.17) is 4.74 Å². The maximum Gasteiger partial charge on any atom is 0.343 e. The molecule has 0 aliphatic carbocycles. The number of nitrogens with zero attached hydrogens (tertiary/aromatic N) is 1. The fraction of sp³-hybridized carbons (Fsp3) is 0.0500. The molecule has 0 atom stereocenters. The highest BCUT2D eigenvalue weighted by Crippen LogP contribution is 2.26. The van der Waals surface area contributed by atoms with E-state index in [1.165, 1.54) is 12.1 Å². The first-order valence-corrected chi connectivity index (χ1v) is 7.90. The lowest BCUT2D eigenvalue weighted by molar-refractivity contribution is 0.0226. The lowest BCUT2D eigenvalue weighted by Gasteiger charge is -2.14. The van der Waals surface area contributed by atoms with Gasteiger partial charge in [0.25, 0.3) is 11.8 Å². The molecule has 0 aromatic heterocycles. The predicted molar refractivity (Wildman–Crippen MR) is 92.8 cm³/mol. The van der Waals surface area contributed by atoms with Crippen LogP contribution in [0.4, 0.5) is 0 Å².